The number of aryl methyl sites for hydroxylation is 2. The molecule has 0 radical (unpaired) electrons. The van der Waals surface area contributed by atoms with Crippen LogP contribution in [0.25, 0.3) is 0 Å². The molecule has 2 aromatic rings. The molecule has 0 spiro atoms. The number of rotatable bonds is 3. The van der Waals surface area contributed by atoms with Crippen LogP contribution in [0.5, 0.6) is 0 Å². The highest BCUT2D eigenvalue weighted by Gasteiger charge is 2.00. The summed E-state index contributed by atoms with van der Waals surface area (Å²) in [5.41, 5.74) is 10.2. The van der Waals surface area contributed by atoms with Crippen molar-refractivity contribution in [1.29, 1.82) is 0 Å². The van der Waals surface area contributed by atoms with E-state index in [1.54, 1.807) is 0 Å². The van der Waals surface area contributed by atoms with Gasteiger partial charge in [0.15, 0.2) is 5.96 Å². The zero-order chi connectivity index (χ0) is 13.7. The number of benzene rings is 2. The van der Waals surface area contributed by atoms with Gasteiger partial charge in [0.1, 0.15) is 0 Å². The van der Waals surface area contributed by atoms with Crippen LogP contribution in [0.3, 0.4) is 0 Å². The Hall–Kier alpha value is -2.29. The van der Waals surface area contributed by atoms with Crippen LogP contribution in [0.1, 0.15) is 18.1 Å². The molecule has 0 heterocycles. The Bertz CT molecular complexity index is 571. The minimum Gasteiger partial charge on any atom is -0.369 e. The van der Waals surface area contributed by atoms with Crippen LogP contribution in [-0.2, 0) is 6.42 Å². The molecular weight excluding hydrogens is 234 g/mol. The highest BCUT2D eigenvalue weighted by Crippen LogP contribution is 2.19. The molecule has 0 unspecified atom stereocenters. The second-order valence-corrected chi connectivity index (χ2v) is 4.47. The third-order valence-corrected chi connectivity index (χ3v) is 2.94. The van der Waals surface area contributed by atoms with E-state index in [0.29, 0.717) is 5.96 Å². The molecule has 0 aromatic heterocycles. The van der Waals surface area contributed by atoms with E-state index >= 15 is 0 Å². The lowest BCUT2D eigenvalue weighted by Crippen LogP contribution is -2.22. The van der Waals surface area contributed by atoms with Crippen molar-refractivity contribution in [2.45, 2.75) is 20.3 Å². The number of aliphatic imine (C=N–C) groups is 1. The van der Waals surface area contributed by atoms with Crippen molar-refractivity contribution in [3.63, 3.8) is 0 Å². The Morgan fingerprint density at radius 2 is 1.79 bits per heavy atom. The molecule has 0 aliphatic carbocycles. The first-order valence-corrected chi connectivity index (χ1v) is 6.45. The Morgan fingerprint density at radius 3 is 2.47 bits per heavy atom. The van der Waals surface area contributed by atoms with E-state index in [0.717, 1.165) is 17.8 Å². The highest BCUT2D eigenvalue weighted by atomic mass is 15.1. The molecule has 2 aromatic carbocycles. The zero-order valence-electron chi connectivity index (χ0n) is 11.4. The Balaban J connectivity index is 2.16. The summed E-state index contributed by atoms with van der Waals surface area (Å²) in [5, 5.41) is 3.10. The van der Waals surface area contributed by atoms with Crippen LogP contribution in [0, 0.1) is 6.92 Å². The van der Waals surface area contributed by atoms with Gasteiger partial charge in [0.25, 0.3) is 0 Å². The van der Waals surface area contributed by atoms with Gasteiger partial charge >= 0.3 is 0 Å². The van der Waals surface area contributed by atoms with E-state index < -0.39 is 0 Å². The molecule has 3 N–H and O–H groups in total. The molecule has 0 fully saturated rings. The molecule has 0 amide bonds. The summed E-state index contributed by atoms with van der Waals surface area (Å²) >= 11 is 0. The SMILES string of the molecule is CCc1ccccc1N=C(N)Nc1ccc(C)cc1. The first kappa shape index (κ1) is 13.1. The van der Waals surface area contributed by atoms with Gasteiger partial charge in [-0.1, -0.05) is 42.8 Å². The Morgan fingerprint density at radius 1 is 1.11 bits per heavy atom. The average Bonchev–Trinajstić information content (AvgIpc) is 2.42. The molecular formula is C16H19N3. The summed E-state index contributed by atoms with van der Waals surface area (Å²) in [7, 11) is 0. The van der Waals surface area contributed by atoms with Crippen molar-refractivity contribution in [3.8, 4) is 0 Å². The third kappa shape index (κ3) is 3.58. The molecule has 3 nitrogen and oxygen atoms in total. The fourth-order valence-corrected chi connectivity index (χ4v) is 1.86. The summed E-state index contributed by atoms with van der Waals surface area (Å²) in [5.74, 6) is 0.407. The standard InChI is InChI=1S/C16H19N3/c1-3-13-6-4-5-7-15(13)19-16(17)18-14-10-8-12(2)9-11-14/h4-11H,3H2,1-2H3,(H3,17,18,19). The molecule has 0 saturated carbocycles. The molecule has 0 atom stereocenters. The van der Waals surface area contributed by atoms with Crippen LogP contribution >= 0.6 is 0 Å². The fraction of sp³-hybridized carbons (Fsp3) is 0.188. The maximum absolute atomic E-state index is 5.94. The van der Waals surface area contributed by atoms with Crippen molar-refractivity contribution in [3.05, 3.63) is 59.7 Å². The lowest BCUT2D eigenvalue weighted by atomic mass is 10.1. The average molecular weight is 253 g/mol. The molecule has 0 saturated heterocycles. The number of hydrogen-bond acceptors (Lipinski definition) is 1. The first-order chi connectivity index (χ1) is 9.19. The van der Waals surface area contributed by atoms with Crippen LogP contribution in [-0.4, -0.2) is 5.96 Å². The fourth-order valence-electron chi connectivity index (χ4n) is 1.86. The van der Waals surface area contributed by atoms with Crippen molar-refractivity contribution < 1.29 is 0 Å². The number of nitrogens with one attached hydrogen (secondary N) is 1. The minimum absolute atomic E-state index is 0.407. The number of nitrogens with zero attached hydrogens (tertiary/aromatic N) is 1. The number of anilines is 1. The van der Waals surface area contributed by atoms with Crippen LogP contribution in [0.4, 0.5) is 11.4 Å². The maximum atomic E-state index is 5.94. The van der Waals surface area contributed by atoms with Gasteiger partial charge < -0.3 is 11.1 Å². The van der Waals surface area contributed by atoms with Crippen LogP contribution in [0.15, 0.2) is 53.5 Å². The lowest BCUT2D eigenvalue weighted by molar-refractivity contribution is 1.13. The Kier molecular flexibility index (Phi) is 4.18. The summed E-state index contributed by atoms with van der Waals surface area (Å²) < 4.78 is 0. The monoisotopic (exact) mass is 253 g/mol. The molecule has 0 aliphatic heterocycles. The first-order valence-electron chi connectivity index (χ1n) is 6.45. The van der Waals surface area contributed by atoms with Gasteiger partial charge in [0.05, 0.1) is 5.69 Å². The molecule has 0 bridgehead atoms. The van der Waals surface area contributed by atoms with E-state index in [1.807, 2.05) is 42.5 Å². The molecule has 19 heavy (non-hydrogen) atoms. The van der Waals surface area contributed by atoms with Gasteiger partial charge in [0.2, 0.25) is 0 Å². The van der Waals surface area contributed by atoms with Crippen LogP contribution < -0.4 is 11.1 Å². The van der Waals surface area contributed by atoms with Gasteiger partial charge in [-0.2, -0.15) is 0 Å². The van der Waals surface area contributed by atoms with Gasteiger partial charge in [-0.3, -0.25) is 0 Å². The molecule has 2 rings (SSSR count). The lowest BCUT2D eigenvalue weighted by Gasteiger charge is -2.07. The quantitative estimate of drug-likeness (QED) is 0.648. The zero-order valence-corrected chi connectivity index (χ0v) is 11.4. The predicted octanol–water partition coefficient (Wildman–Crippen LogP) is 3.62. The summed E-state index contributed by atoms with van der Waals surface area (Å²) in [6.45, 7) is 4.16. The number of nitrogens with two attached hydrogens (primary N) is 1. The van der Waals surface area contributed by atoms with E-state index in [-0.39, 0.29) is 0 Å². The van der Waals surface area contributed by atoms with Gasteiger partial charge in [0, 0.05) is 5.69 Å². The second kappa shape index (κ2) is 6.05. The minimum atomic E-state index is 0.407. The van der Waals surface area contributed by atoms with Crippen molar-refractivity contribution in [1.82, 2.24) is 0 Å². The normalized spacial score (nSPS) is 11.4. The number of hydrogen-bond donors (Lipinski definition) is 2. The predicted molar refractivity (Wildman–Crippen MR) is 81.9 cm³/mol. The summed E-state index contributed by atoms with van der Waals surface area (Å²) in [6, 6.07) is 16.1. The van der Waals surface area contributed by atoms with E-state index in [1.165, 1.54) is 11.1 Å². The van der Waals surface area contributed by atoms with E-state index in [4.69, 9.17) is 5.73 Å². The van der Waals surface area contributed by atoms with Crippen molar-refractivity contribution >= 4 is 17.3 Å². The van der Waals surface area contributed by atoms with Gasteiger partial charge in [-0.05, 0) is 37.1 Å². The van der Waals surface area contributed by atoms with Gasteiger partial charge in [-0.25, -0.2) is 4.99 Å². The molecule has 3 heteroatoms. The highest BCUT2D eigenvalue weighted by molar-refractivity contribution is 5.94. The molecule has 98 valence electrons. The van der Waals surface area contributed by atoms with Gasteiger partial charge in [-0.15, -0.1) is 0 Å². The summed E-state index contributed by atoms with van der Waals surface area (Å²) in [6.07, 6.45) is 0.942. The number of para-hydroxylation sites is 1. The van der Waals surface area contributed by atoms with E-state index in [9.17, 15) is 0 Å². The van der Waals surface area contributed by atoms with E-state index in [2.05, 4.69) is 30.2 Å². The second-order valence-electron chi connectivity index (χ2n) is 4.47. The Labute approximate surface area is 114 Å². The topological polar surface area (TPSA) is 50.4 Å². The van der Waals surface area contributed by atoms with Crippen molar-refractivity contribution in [2.24, 2.45) is 10.7 Å². The molecule has 0 aliphatic rings. The number of guanidine groups is 1. The smallest absolute Gasteiger partial charge is 0.198 e. The van der Waals surface area contributed by atoms with Crippen molar-refractivity contribution in [2.75, 3.05) is 5.32 Å². The third-order valence-electron chi connectivity index (χ3n) is 2.94. The maximum Gasteiger partial charge on any atom is 0.198 e. The largest absolute Gasteiger partial charge is 0.369 e. The van der Waals surface area contributed by atoms with Crippen LogP contribution in [0.2, 0.25) is 0 Å². The summed E-state index contributed by atoms with van der Waals surface area (Å²) in [4.78, 5) is 4.43.